The minimum absolute atomic E-state index is 0.0507. The van der Waals surface area contributed by atoms with Crippen LogP contribution in [0.1, 0.15) is 16.1 Å². The van der Waals surface area contributed by atoms with Gasteiger partial charge in [-0.25, -0.2) is 9.78 Å². The van der Waals surface area contributed by atoms with E-state index in [1.165, 1.54) is 6.07 Å². The molecule has 0 aliphatic heterocycles. The Morgan fingerprint density at radius 2 is 1.68 bits per heavy atom. The molecule has 8 nitrogen and oxygen atoms in total. The largest absolute Gasteiger partial charge is 0.422 e. The highest BCUT2D eigenvalue weighted by molar-refractivity contribution is 6.05. The first kappa shape index (κ1) is 20.1. The number of anilines is 4. The van der Waals surface area contributed by atoms with Crippen LogP contribution in [0.3, 0.4) is 0 Å². The summed E-state index contributed by atoms with van der Waals surface area (Å²) in [6.45, 7) is 1.90. The lowest BCUT2D eigenvalue weighted by molar-refractivity contribution is 0.102. The Bertz CT molecular complexity index is 1310. The van der Waals surface area contributed by atoms with Gasteiger partial charge in [-0.2, -0.15) is 4.98 Å². The number of nitrogens with one attached hydrogen (secondary N) is 2. The number of carbonyl (C=O) groups is 1. The second kappa shape index (κ2) is 8.27. The van der Waals surface area contributed by atoms with Crippen molar-refractivity contribution >= 4 is 40.0 Å². The molecule has 2 aromatic heterocycles. The molecule has 0 fully saturated rings. The zero-order chi connectivity index (χ0) is 22.0. The molecule has 0 atom stereocenters. The molecule has 0 unspecified atom stereocenters. The van der Waals surface area contributed by atoms with Crippen LogP contribution in [0.15, 0.2) is 69.9 Å². The number of amides is 1. The fourth-order valence-electron chi connectivity index (χ4n) is 3.02. The second-order valence-corrected chi connectivity index (χ2v) is 7.23. The van der Waals surface area contributed by atoms with Crippen molar-refractivity contribution in [2.45, 2.75) is 6.92 Å². The number of rotatable bonds is 5. The Kier molecular flexibility index (Phi) is 5.36. The SMILES string of the molecule is Cc1cc(N(C)C)nc(Nc2ccc(NC(=O)c3cc4ccccc4oc3=O)cc2)n1. The molecular formula is C23H21N5O3. The lowest BCUT2D eigenvalue weighted by Gasteiger charge is -2.14. The van der Waals surface area contributed by atoms with Gasteiger partial charge in [0, 0.05) is 42.6 Å². The van der Waals surface area contributed by atoms with E-state index in [4.69, 9.17) is 4.42 Å². The predicted octanol–water partition coefficient (Wildman–Crippen LogP) is 3.95. The standard InChI is InChI=1S/C23H21N5O3/c1-14-12-20(28(2)3)27-23(24-14)26-17-10-8-16(9-11-17)25-21(29)18-13-15-6-4-5-7-19(15)31-22(18)30/h4-13H,1-3H3,(H,25,29)(H,24,26,27). The number of aromatic nitrogens is 2. The summed E-state index contributed by atoms with van der Waals surface area (Å²) in [6, 6.07) is 17.5. The Labute approximate surface area is 178 Å². The highest BCUT2D eigenvalue weighted by atomic mass is 16.4. The van der Waals surface area contributed by atoms with Gasteiger partial charge in [0.2, 0.25) is 5.95 Å². The van der Waals surface area contributed by atoms with E-state index in [9.17, 15) is 9.59 Å². The molecule has 0 aliphatic carbocycles. The first-order chi connectivity index (χ1) is 14.9. The van der Waals surface area contributed by atoms with Crippen molar-refractivity contribution in [3.63, 3.8) is 0 Å². The maximum atomic E-state index is 12.6. The molecule has 156 valence electrons. The fourth-order valence-corrected chi connectivity index (χ4v) is 3.02. The molecule has 8 heteroatoms. The van der Waals surface area contributed by atoms with E-state index in [1.807, 2.05) is 38.1 Å². The molecule has 1 amide bonds. The lowest BCUT2D eigenvalue weighted by Crippen LogP contribution is -2.20. The summed E-state index contributed by atoms with van der Waals surface area (Å²) in [4.78, 5) is 35.5. The van der Waals surface area contributed by atoms with E-state index >= 15 is 0 Å². The summed E-state index contributed by atoms with van der Waals surface area (Å²) < 4.78 is 5.23. The maximum absolute atomic E-state index is 12.6. The second-order valence-electron chi connectivity index (χ2n) is 7.23. The minimum atomic E-state index is -0.678. The molecule has 0 saturated heterocycles. The van der Waals surface area contributed by atoms with Crippen molar-refractivity contribution in [3.05, 3.63) is 82.3 Å². The third kappa shape index (κ3) is 4.53. The third-order valence-electron chi connectivity index (χ3n) is 4.58. The third-order valence-corrected chi connectivity index (χ3v) is 4.58. The van der Waals surface area contributed by atoms with Crippen LogP contribution in [0, 0.1) is 6.92 Å². The quantitative estimate of drug-likeness (QED) is 0.476. The number of nitrogens with zero attached hydrogens (tertiary/aromatic N) is 3. The number of aryl methyl sites for hydroxylation is 1. The average Bonchev–Trinajstić information content (AvgIpc) is 2.74. The first-order valence-corrected chi connectivity index (χ1v) is 9.63. The topological polar surface area (TPSA) is 100 Å². The Morgan fingerprint density at radius 1 is 0.968 bits per heavy atom. The van der Waals surface area contributed by atoms with Gasteiger partial charge in [-0.15, -0.1) is 0 Å². The van der Waals surface area contributed by atoms with Crippen LogP contribution in [0.4, 0.5) is 23.1 Å². The zero-order valence-electron chi connectivity index (χ0n) is 17.3. The van der Waals surface area contributed by atoms with E-state index in [0.29, 0.717) is 22.6 Å². The highest BCUT2D eigenvalue weighted by Gasteiger charge is 2.14. The smallest absolute Gasteiger partial charge is 0.349 e. The van der Waals surface area contributed by atoms with Gasteiger partial charge in [0.1, 0.15) is 17.0 Å². The Morgan fingerprint density at radius 3 is 2.42 bits per heavy atom. The van der Waals surface area contributed by atoms with Gasteiger partial charge in [-0.1, -0.05) is 18.2 Å². The summed E-state index contributed by atoms with van der Waals surface area (Å²) in [5.74, 6) is 0.750. The number of hydrogen-bond acceptors (Lipinski definition) is 7. The van der Waals surface area contributed by atoms with Crippen LogP contribution in [0.25, 0.3) is 11.0 Å². The maximum Gasteiger partial charge on any atom is 0.349 e. The Hall–Kier alpha value is -4.20. The summed E-state index contributed by atoms with van der Waals surface area (Å²) in [6.07, 6.45) is 0. The van der Waals surface area contributed by atoms with Gasteiger partial charge < -0.3 is 20.0 Å². The van der Waals surface area contributed by atoms with Gasteiger partial charge in [0.05, 0.1) is 0 Å². The molecule has 2 heterocycles. The molecule has 4 aromatic rings. The van der Waals surface area contributed by atoms with Crippen molar-refractivity contribution in [2.75, 3.05) is 29.6 Å². The summed E-state index contributed by atoms with van der Waals surface area (Å²) >= 11 is 0. The molecule has 0 saturated carbocycles. The van der Waals surface area contributed by atoms with E-state index in [0.717, 1.165) is 17.2 Å². The van der Waals surface area contributed by atoms with Crippen LogP contribution in [0.5, 0.6) is 0 Å². The van der Waals surface area contributed by atoms with Gasteiger partial charge in [-0.3, -0.25) is 4.79 Å². The molecule has 0 bridgehead atoms. The van der Waals surface area contributed by atoms with E-state index < -0.39 is 11.5 Å². The molecule has 31 heavy (non-hydrogen) atoms. The normalized spacial score (nSPS) is 10.7. The lowest BCUT2D eigenvalue weighted by atomic mass is 10.1. The Balaban J connectivity index is 1.50. The van der Waals surface area contributed by atoms with Crippen LogP contribution in [-0.2, 0) is 0 Å². The molecule has 4 rings (SSSR count). The van der Waals surface area contributed by atoms with Gasteiger partial charge in [0.25, 0.3) is 5.91 Å². The fraction of sp³-hybridized carbons (Fsp3) is 0.130. The van der Waals surface area contributed by atoms with Crippen LogP contribution >= 0.6 is 0 Å². The van der Waals surface area contributed by atoms with Crippen molar-refractivity contribution in [1.29, 1.82) is 0 Å². The van der Waals surface area contributed by atoms with Gasteiger partial charge >= 0.3 is 5.63 Å². The minimum Gasteiger partial charge on any atom is -0.422 e. The monoisotopic (exact) mass is 415 g/mol. The molecule has 2 aromatic carbocycles. The van der Waals surface area contributed by atoms with Crippen molar-refractivity contribution in [1.82, 2.24) is 9.97 Å². The molecule has 0 radical (unpaired) electrons. The number of carbonyl (C=O) groups excluding carboxylic acids is 1. The summed E-state index contributed by atoms with van der Waals surface area (Å²) in [7, 11) is 3.83. The number of hydrogen-bond donors (Lipinski definition) is 2. The highest BCUT2D eigenvalue weighted by Crippen LogP contribution is 2.20. The van der Waals surface area contributed by atoms with Crippen molar-refractivity contribution < 1.29 is 9.21 Å². The summed E-state index contributed by atoms with van der Waals surface area (Å²) in [5, 5.41) is 6.56. The first-order valence-electron chi connectivity index (χ1n) is 9.63. The van der Waals surface area contributed by atoms with Gasteiger partial charge in [-0.05, 0) is 43.3 Å². The van der Waals surface area contributed by atoms with E-state index in [-0.39, 0.29) is 5.56 Å². The summed E-state index contributed by atoms with van der Waals surface area (Å²) in [5.41, 5.74) is 1.86. The predicted molar refractivity (Wildman–Crippen MR) is 121 cm³/mol. The van der Waals surface area contributed by atoms with Crippen LogP contribution in [-0.4, -0.2) is 30.0 Å². The molecule has 0 spiro atoms. The molecular weight excluding hydrogens is 394 g/mol. The molecule has 2 N–H and O–H groups in total. The van der Waals surface area contributed by atoms with Gasteiger partial charge in [0.15, 0.2) is 0 Å². The number of para-hydroxylation sites is 1. The van der Waals surface area contributed by atoms with Crippen LogP contribution in [0.2, 0.25) is 0 Å². The van der Waals surface area contributed by atoms with E-state index in [1.54, 1.807) is 42.5 Å². The van der Waals surface area contributed by atoms with Crippen LogP contribution < -0.4 is 21.2 Å². The number of fused-ring (bicyclic) bond motifs is 1. The van der Waals surface area contributed by atoms with E-state index in [2.05, 4.69) is 20.6 Å². The zero-order valence-corrected chi connectivity index (χ0v) is 17.3. The van der Waals surface area contributed by atoms with Crippen molar-refractivity contribution in [3.8, 4) is 0 Å². The molecule has 0 aliphatic rings. The van der Waals surface area contributed by atoms with Crippen molar-refractivity contribution in [2.24, 2.45) is 0 Å². The number of benzene rings is 2. The average molecular weight is 415 g/mol.